The van der Waals surface area contributed by atoms with Crippen molar-refractivity contribution in [2.75, 3.05) is 13.1 Å². The van der Waals surface area contributed by atoms with Crippen molar-refractivity contribution in [2.24, 2.45) is 17.8 Å². The van der Waals surface area contributed by atoms with Gasteiger partial charge in [-0.05, 0) is 55.6 Å². The molecule has 2 aliphatic rings. The Morgan fingerprint density at radius 2 is 1.48 bits per heavy atom. The summed E-state index contributed by atoms with van der Waals surface area (Å²) >= 11 is 0. The van der Waals surface area contributed by atoms with Crippen molar-refractivity contribution in [1.29, 1.82) is 0 Å². The molecule has 236 valence electrons. The predicted octanol–water partition coefficient (Wildman–Crippen LogP) is 3.80. The smallest absolute Gasteiger partial charge is 0.407 e. The molecule has 6 amide bonds. The van der Waals surface area contributed by atoms with Crippen molar-refractivity contribution in [3.8, 4) is 0 Å². The van der Waals surface area contributed by atoms with E-state index in [-0.39, 0.29) is 44.8 Å². The molecule has 0 aliphatic carbocycles. The van der Waals surface area contributed by atoms with Crippen LogP contribution >= 0.6 is 0 Å². The number of rotatable bonds is 12. The van der Waals surface area contributed by atoms with Crippen LogP contribution in [0.3, 0.4) is 0 Å². The molecule has 4 N–H and O–H groups in total. The Kier molecular flexibility index (Phi) is 10.6. The van der Waals surface area contributed by atoms with Crippen molar-refractivity contribution in [3.63, 3.8) is 0 Å². The van der Waals surface area contributed by atoms with Gasteiger partial charge in [-0.25, -0.2) is 15.1 Å². The second kappa shape index (κ2) is 14.3. The number of imide groups is 1. The van der Waals surface area contributed by atoms with E-state index in [2.05, 4.69) is 5.43 Å². The number of benzene rings is 2. The number of aryl methyl sites for hydroxylation is 1. The Morgan fingerprint density at radius 1 is 0.886 bits per heavy atom. The fraction of sp³-hybridized carbons (Fsp3) is 0.469. The zero-order valence-electron chi connectivity index (χ0n) is 25.1. The summed E-state index contributed by atoms with van der Waals surface area (Å²) in [7, 11) is 0. The minimum Gasteiger partial charge on any atom is -0.465 e. The van der Waals surface area contributed by atoms with Crippen LogP contribution < -0.4 is 10.9 Å². The molecule has 1 spiro atoms. The molecule has 0 aromatic heterocycles. The Morgan fingerprint density at radius 3 is 2.02 bits per heavy atom. The van der Waals surface area contributed by atoms with Gasteiger partial charge >= 0.3 is 12.1 Å². The zero-order valence-corrected chi connectivity index (χ0v) is 25.1. The molecular formula is C32H41N5O7. The number of hydrogen-bond donors (Lipinski definition) is 4. The Balaban J connectivity index is 1.58. The van der Waals surface area contributed by atoms with Gasteiger partial charge in [0.1, 0.15) is 5.54 Å². The monoisotopic (exact) mass is 607 g/mol. The topological polar surface area (TPSA) is 160 Å². The highest BCUT2D eigenvalue weighted by Crippen LogP contribution is 2.38. The summed E-state index contributed by atoms with van der Waals surface area (Å²) in [6.45, 7) is 4.00. The summed E-state index contributed by atoms with van der Waals surface area (Å²) < 4.78 is 0. The fourth-order valence-corrected chi connectivity index (χ4v) is 6.27. The van der Waals surface area contributed by atoms with E-state index in [0.29, 0.717) is 19.3 Å². The van der Waals surface area contributed by atoms with Gasteiger partial charge in [0.05, 0.1) is 11.8 Å². The van der Waals surface area contributed by atoms with E-state index in [1.807, 2.05) is 74.5 Å². The molecule has 2 aliphatic heterocycles. The molecule has 0 radical (unpaired) electrons. The maximum atomic E-state index is 14.0. The molecule has 44 heavy (non-hydrogen) atoms. The van der Waals surface area contributed by atoms with E-state index >= 15 is 0 Å². The molecule has 2 fully saturated rings. The lowest BCUT2D eigenvalue weighted by atomic mass is 9.81. The molecule has 2 aromatic rings. The first kappa shape index (κ1) is 32.5. The van der Waals surface area contributed by atoms with Crippen LogP contribution in [-0.2, 0) is 27.3 Å². The summed E-state index contributed by atoms with van der Waals surface area (Å²) in [4.78, 5) is 68.8. The van der Waals surface area contributed by atoms with Crippen molar-refractivity contribution in [1.82, 2.24) is 25.7 Å². The number of likely N-dealkylation sites (tertiary alicyclic amines) is 1. The number of carboxylic acid groups (broad SMARTS) is 1. The van der Waals surface area contributed by atoms with E-state index in [4.69, 9.17) is 0 Å². The maximum absolute atomic E-state index is 14.0. The van der Waals surface area contributed by atoms with Gasteiger partial charge in [0, 0.05) is 19.6 Å². The van der Waals surface area contributed by atoms with Crippen LogP contribution in [0.2, 0.25) is 0 Å². The van der Waals surface area contributed by atoms with E-state index in [1.54, 1.807) is 5.48 Å². The van der Waals surface area contributed by atoms with E-state index in [0.717, 1.165) is 16.1 Å². The Hall–Kier alpha value is -4.45. The van der Waals surface area contributed by atoms with Crippen molar-refractivity contribution in [2.45, 2.75) is 64.5 Å². The van der Waals surface area contributed by atoms with Gasteiger partial charge in [-0.3, -0.25) is 25.0 Å². The van der Waals surface area contributed by atoms with Gasteiger partial charge in [-0.1, -0.05) is 74.5 Å². The van der Waals surface area contributed by atoms with Gasteiger partial charge in [-0.2, -0.15) is 5.01 Å². The van der Waals surface area contributed by atoms with Gasteiger partial charge in [0.15, 0.2) is 0 Å². The Labute approximate surface area is 256 Å². The number of nitrogens with one attached hydrogen (secondary N) is 2. The number of carbonyl (C=O) groups is 5. The minimum atomic E-state index is -1.34. The lowest BCUT2D eigenvalue weighted by Gasteiger charge is -2.41. The summed E-state index contributed by atoms with van der Waals surface area (Å²) in [5, 5.41) is 19.8. The molecule has 0 bridgehead atoms. The number of amides is 6. The molecule has 0 unspecified atom stereocenters. The highest BCUT2D eigenvalue weighted by Gasteiger charge is 2.59. The van der Waals surface area contributed by atoms with Crippen LogP contribution in [0.4, 0.5) is 9.59 Å². The number of hydroxylamine groups is 1. The van der Waals surface area contributed by atoms with Crippen LogP contribution in [0.15, 0.2) is 60.7 Å². The molecule has 2 atom stereocenters. The second-order valence-corrected chi connectivity index (χ2v) is 12.0. The Bertz CT molecular complexity index is 1330. The first-order chi connectivity index (χ1) is 21.1. The van der Waals surface area contributed by atoms with E-state index in [1.165, 1.54) is 9.80 Å². The molecule has 12 heteroatoms. The third-order valence-electron chi connectivity index (χ3n) is 8.62. The maximum Gasteiger partial charge on any atom is 0.407 e. The third kappa shape index (κ3) is 7.19. The third-order valence-corrected chi connectivity index (χ3v) is 8.62. The quantitative estimate of drug-likeness (QED) is 0.162. The molecule has 0 saturated carbocycles. The molecule has 12 nitrogen and oxygen atoms in total. The SMILES string of the molecule is CC(C)C[C@@H](C(=O)NN1C(=O)N(Cc2ccccc2)C2(CCN(C(=O)O)CC2)C1=O)[C@H](CCCc1ccccc1)C(=O)NO. The first-order valence-electron chi connectivity index (χ1n) is 15.0. The second-order valence-electron chi connectivity index (χ2n) is 12.0. The molecular weight excluding hydrogens is 566 g/mol. The average Bonchev–Trinajstić information content (AvgIpc) is 3.19. The van der Waals surface area contributed by atoms with Crippen LogP contribution in [0.5, 0.6) is 0 Å². The van der Waals surface area contributed by atoms with E-state index < -0.39 is 47.2 Å². The summed E-state index contributed by atoms with van der Waals surface area (Å²) in [5.74, 6) is -3.87. The minimum absolute atomic E-state index is 0.0138. The number of carbonyl (C=O) groups excluding carboxylic acids is 4. The van der Waals surface area contributed by atoms with Crippen LogP contribution in [0, 0.1) is 17.8 Å². The summed E-state index contributed by atoms with van der Waals surface area (Å²) in [6.07, 6.45) is 0.856. The highest BCUT2D eigenvalue weighted by atomic mass is 16.5. The summed E-state index contributed by atoms with van der Waals surface area (Å²) in [5.41, 5.74) is 4.75. The van der Waals surface area contributed by atoms with Gasteiger partial charge < -0.3 is 14.9 Å². The number of piperidine rings is 1. The summed E-state index contributed by atoms with van der Waals surface area (Å²) in [6, 6.07) is 18.1. The lowest BCUT2D eigenvalue weighted by Crippen LogP contribution is -2.57. The van der Waals surface area contributed by atoms with Crippen molar-refractivity contribution < 1.29 is 34.3 Å². The lowest BCUT2D eigenvalue weighted by molar-refractivity contribution is -0.146. The van der Waals surface area contributed by atoms with Crippen LogP contribution in [0.1, 0.15) is 57.1 Å². The van der Waals surface area contributed by atoms with Crippen molar-refractivity contribution >= 4 is 29.8 Å². The number of hydrogen-bond acceptors (Lipinski definition) is 6. The zero-order chi connectivity index (χ0) is 31.9. The number of nitrogens with zero attached hydrogens (tertiary/aromatic N) is 3. The molecule has 2 aromatic carbocycles. The number of urea groups is 1. The standard InChI is InChI=1S/C32H41N5O7/c1-22(2)20-26(25(28(39)34-44)15-9-14-23-10-5-3-6-11-23)27(38)33-37-29(40)32(16-18-35(19-17-32)31(42)43)36(30(37)41)21-24-12-7-4-8-13-24/h3-8,10-13,22,25-26,44H,9,14-21H2,1-2H3,(H,33,38)(H,34,39)(H,42,43)/t25-,26+/m0/s1. The van der Waals surface area contributed by atoms with Gasteiger partial charge in [0.2, 0.25) is 11.8 Å². The molecule has 2 saturated heterocycles. The first-order valence-corrected chi connectivity index (χ1v) is 15.0. The fourth-order valence-electron chi connectivity index (χ4n) is 6.27. The molecule has 4 rings (SSSR count). The van der Waals surface area contributed by atoms with Gasteiger partial charge in [-0.15, -0.1) is 0 Å². The largest absolute Gasteiger partial charge is 0.465 e. The molecule has 2 heterocycles. The van der Waals surface area contributed by atoms with Gasteiger partial charge in [0.25, 0.3) is 5.91 Å². The van der Waals surface area contributed by atoms with E-state index in [9.17, 15) is 34.3 Å². The normalized spacial score (nSPS) is 17.6. The van der Waals surface area contributed by atoms with Crippen LogP contribution in [-0.4, -0.2) is 73.6 Å². The van der Waals surface area contributed by atoms with Crippen molar-refractivity contribution in [3.05, 3.63) is 71.8 Å². The average molecular weight is 608 g/mol. The van der Waals surface area contributed by atoms with Crippen LogP contribution in [0.25, 0.3) is 0 Å². The highest BCUT2D eigenvalue weighted by molar-refractivity contribution is 6.08. The predicted molar refractivity (Wildman–Crippen MR) is 160 cm³/mol. The number of hydrazine groups is 1.